The number of guanidine groups is 1. The van der Waals surface area contributed by atoms with E-state index in [1.54, 1.807) is 0 Å². The molecule has 2 aliphatic rings. The second-order valence-corrected chi connectivity index (χ2v) is 9.70. The van der Waals surface area contributed by atoms with Gasteiger partial charge in [-0.3, -0.25) is 4.99 Å². The van der Waals surface area contributed by atoms with Gasteiger partial charge in [0.15, 0.2) is 5.96 Å². The minimum atomic E-state index is -5.24. The molecule has 0 unspecified atom stereocenters. The van der Waals surface area contributed by atoms with Gasteiger partial charge in [-0.2, -0.15) is 17.5 Å². The predicted molar refractivity (Wildman–Crippen MR) is 124 cm³/mol. The van der Waals surface area contributed by atoms with Crippen LogP contribution in [0.25, 0.3) is 0 Å². The Morgan fingerprint density at radius 2 is 1.67 bits per heavy atom. The van der Waals surface area contributed by atoms with E-state index in [1.165, 1.54) is 6.42 Å². The molecule has 0 atom stereocenters. The van der Waals surface area contributed by atoms with Gasteiger partial charge in [-0.25, -0.2) is 8.42 Å². The van der Waals surface area contributed by atoms with Crippen molar-refractivity contribution in [3.8, 4) is 0 Å². The van der Waals surface area contributed by atoms with Gasteiger partial charge in [0.05, 0.1) is 0 Å². The Bertz CT molecular complexity index is 632. The lowest BCUT2D eigenvalue weighted by Gasteiger charge is -2.33. The summed E-state index contributed by atoms with van der Waals surface area (Å²) in [6, 6.07) is -0.0983. The Labute approximate surface area is 195 Å². The van der Waals surface area contributed by atoms with Crippen molar-refractivity contribution in [3.63, 3.8) is 0 Å². The summed E-state index contributed by atoms with van der Waals surface area (Å²) >= 11 is 0. The summed E-state index contributed by atoms with van der Waals surface area (Å²) in [5.41, 5.74) is -5.24. The molecule has 0 bridgehead atoms. The minimum absolute atomic E-state index is 0. The lowest BCUT2D eigenvalue weighted by atomic mass is 9.97. The third kappa shape index (κ3) is 7.97. The van der Waals surface area contributed by atoms with Gasteiger partial charge in [-0.15, -0.1) is 24.0 Å². The van der Waals surface area contributed by atoms with E-state index >= 15 is 0 Å². The molecule has 0 radical (unpaired) electrons. The van der Waals surface area contributed by atoms with Crippen molar-refractivity contribution >= 4 is 40.0 Å². The molecule has 2 saturated heterocycles. The average Bonchev–Trinajstić information content (AvgIpc) is 2.67. The molecule has 2 N–H and O–H groups in total. The molecule has 0 aromatic carbocycles. The van der Waals surface area contributed by atoms with Crippen molar-refractivity contribution in [1.82, 2.24) is 19.8 Å². The fourth-order valence-electron chi connectivity index (χ4n) is 3.83. The molecule has 0 aromatic rings. The van der Waals surface area contributed by atoms with Crippen LogP contribution in [0.4, 0.5) is 13.2 Å². The Balaban J connectivity index is 0.00000450. The van der Waals surface area contributed by atoms with E-state index in [1.807, 2.05) is 6.92 Å². The number of piperidine rings is 2. The fraction of sp³-hybridized carbons (Fsp3) is 0.944. The molecule has 2 fully saturated rings. The van der Waals surface area contributed by atoms with Crippen molar-refractivity contribution in [3.05, 3.63) is 0 Å². The van der Waals surface area contributed by atoms with Gasteiger partial charge in [-0.05, 0) is 64.6 Å². The van der Waals surface area contributed by atoms with E-state index in [0.29, 0.717) is 35.6 Å². The Hall–Kier alpha value is -0.340. The number of hydrogen-bond donors (Lipinski definition) is 2. The third-order valence-electron chi connectivity index (χ3n) is 5.53. The first kappa shape index (κ1) is 27.7. The van der Waals surface area contributed by atoms with Crippen molar-refractivity contribution in [2.75, 3.05) is 45.8 Å². The quantitative estimate of drug-likeness (QED) is 0.280. The van der Waals surface area contributed by atoms with E-state index in [2.05, 4.69) is 27.4 Å². The van der Waals surface area contributed by atoms with Gasteiger partial charge >= 0.3 is 15.5 Å². The maximum Gasteiger partial charge on any atom is 0.511 e. The number of nitrogens with one attached hydrogen (secondary N) is 2. The Morgan fingerprint density at radius 1 is 1.07 bits per heavy atom. The van der Waals surface area contributed by atoms with Crippen molar-refractivity contribution in [1.29, 1.82) is 0 Å². The second kappa shape index (κ2) is 12.6. The first-order chi connectivity index (χ1) is 13.7. The zero-order valence-corrected chi connectivity index (χ0v) is 20.9. The number of nitrogens with zero attached hydrogens (tertiary/aromatic N) is 3. The molecule has 7 nitrogen and oxygen atoms in total. The van der Waals surface area contributed by atoms with Crippen LogP contribution in [0.15, 0.2) is 4.99 Å². The van der Waals surface area contributed by atoms with E-state index in [0.717, 1.165) is 39.0 Å². The SMILES string of the molecule is CCCN1CCC(CN=C(NCC)NC2CCN(S(=O)(=O)C(F)(F)F)CC2)CC1.I. The monoisotopic (exact) mass is 569 g/mol. The molecule has 2 aliphatic heterocycles. The lowest BCUT2D eigenvalue weighted by Crippen LogP contribution is -2.51. The largest absolute Gasteiger partial charge is 0.511 e. The van der Waals surface area contributed by atoms with E-state index in [9.17, 15) is 21.6 Å². The highest BCUT2D eigenvalue weighted by molar-refractivity contribution is 14.0. The molecule has 0 spiro atoms. The van der Waals surface area contributed by atoms with E-state index in [4.69, 9.17) is 0 Å². The topological polar surface area (TPSA) is 77.0 Å². The van der Waals surface area contributed by atoms with E-state index in [-0.39, 0.29) is 43.1 Å². The summed E-state index contributed by atoms with van der Waals surface area (Å²) < 4.78 is 61.6. The standard InChI is InChI=1S/C18H34F3N5O2S.HI/c1-3-9-25-10-5-15(6-11-25)14-23-17(22-4-2)24-16-7-12-26(13-8-16)29(27,28)18(19,20)21;/h15-16H,3-14H2,1-2H3,(H2,22,23,24);1H. The van der Waals surface area contributed by atoms with Gasteiger partial charge < -0.3 is 15.5 Å². The number of sulfonamides is 1. The van der Waals surface area contributed by atoms with Crippen LogP contribution >= 0.6 is 24.0 Å². The molecule has 30 heavy (non-hydrogen) atoms. The molecule has 12 heteroatoms. The Kier molecular flexibility index (Phi) is 11.7. The Morgan fingerprint density at radius 3 is 2.17 bits per heavy atom. The number of halogens is 4. The molecule has 0 aliphatic carbocycles. The number of hydrogen-bond acceptors (Lipinski definition) is 4. The highest BCUT2D eigenvalue weighted by Gasteiger charge is 2.50. The highest BCUT2D eigenvalue weighted by Crippen LogP contribution is 2.29. The summed E-state index contributed by atoms with van der Waals surface area (Å²) in [7, 11) is -5.24. The van der Waals surface area contributed by atoms with Crippen LogP contribution < -0.4 is 10.6 Å². The van der Waals surface area contributed by atoms with Gasteiger partial charge in [0.25, 0.3) is 0 Å². The number of aliphatic imine (C=N–C) groups is 1. The molecule has 0 amide bonds. The lowest BCUT2D eigenvalue weighted by molar-refractivity contribution is -0.0494. The minimum Gasteiger partial charge on any atom is -0.357 e. The second-order valence-electron chi connectivity index (χ2n) is 7.77. The van der Waals surface area contributed by atoms with Gasteiger partial charge in [-0.1, -0.05) is 6.92 Å². The zero-order chi connectivity index (χ0) is 21.5. The molecule has 0 aromatic heterocycles. The number of rotatable bonds is 7. The normalized spacial score (nSPS) is 21.3. The maximum absolute atomic E-state index is 12.7. The predicted octanol–water partition coefficient (Wildman–Crippen LogP) is 2.60. The van der Waals surface area contributed by atoms with Crippen molar-refractivity contribution in [2.24, 2.45) is 10.9 Å². The highest BCUT2D eigenvalue weighted by atomic mass is 127. The molecule has 2 heterocycles. The van der Waals surface area contributed by atoms with Crippen LogP contribution in [0, 0.1) is 5.92 Å². The average molecular weight is 569 g/mol. The van der Waals surface area contributed by atoms with Crippen LogP contribution in [0.5, 0.6) is 0 Å². The summed E-state index contributed by atoms with van der Waals surface area (Å²) in [6.07, 6.45) is 4.04. The molecular weight excluding hydrogens is 534 g/mol. The number of alkyl halides is 3. The first-order valence-electron chi connectivity index (χ1n) is 10.5. The zero-order valence-electron chi connectivity index (χ0n) is 17.7. The third-order valence-corrected chi connectivity index (χ3v) is 7.16. The molecule has 2 rings (SSSR count). The van der Waals surface area contributed by atoms with Crippen LogP contribution in [-0.2, 0) is 10.0 Å². The van der Waals surface area contributed by atoms with Crippen LogP contribution in [0.2, 0.25) is 0 Å². The summed E-state index contributed by atoms with van der Waals surface area (Å²) in [6.45, 7) is 8.60. The summed E-state index contributed by atoms with van der Waals surface area (Å²) in [5.74, 6) is 1.19. The van der Waals surface area contributed by atoms with Gasteiger partial charge in [0.1, 0.15) is 0 Å². The first-order valence-corrected chi connectivity index (χ1v) is 11.9. The molecular formula is C18H35F3IN5O2S. The summed E-state index contributed by atoms with van der Waals surface area (Å²) in [4.78, 5) is 7.15. The summed E-state index contributed by atoms with van der Waals surface area (Å²) in [5, 5.41) is 6.44. The fourth-order valence-corrected chi connectivity index (χ4v) is 4.81. The smallest absolute Gasteiger partial charge is 0.357 e. The van der Waals surface area contributed by atoms with Crippen LogP contribution in [-0.4, -0.2) is 80.9 Å². The van der Waals surface area contributed by atoms with Crippen LogP contribution in [0.1, 0.15) is 46.0 Å². The number of likely N-dealkylation sites (tertiary alicyclic amines) is 1. The van der Waals surface area contributed by atoms with E-state index < -0.39 is 15.5 Å². The van der Waals surface area contributed by atoms with Crippen LogP contribution in [0.3, 0.4) is 0 Å². The van der Waals surface area contributed by atoms with Gasteiger partial charge in [0, 0.05) is 32.2 Å². The van der Waals surface area contributed by atoms with Crippen molar-refractivity contribution < 1.29 is 21.6 Å². The maximum atomic E-state index is 12.7. The van der Waals surface area contributed by atoms with Gasteiger partial charge in [0.2, 0.25) is 0 Å². The van der Waals surface area contributed by atoms with Crippen molar-refractivity contribution in [2.45, 2.75) is 57.5 Å². The molecule has 178 valence electrons. The molecule has 0 saturated carbocycles.